The lowest BCUT2D eigenvalue weighted by Crippen LogP contribution is -2.10. The van der Waals surface area contributed by atoms with E-state index in [-0.39, 0.29) is 5.82 Å². The van der Waals surface area contributed by atoms with Crippen molar-refractivity contribution in [3.05, 3.63) is 37.1 Å². The SMILES string of the molecule is CS(=O)(=O)Nc1ccc(-c2cncnc2)cn1. The van der Waals surface area contributed by atoms with Gasteiger partial charge in [-0.2, -0.15) is 0 Å². The topological polar surface area (TPSA) is 84.8 Å². The predicted octanol–water partition coefficient (Wildman–Crippen LogP) is 0.910. The molecule has 2 aromatic rings. The summed E-state index contributed by atoms with van der Waals surface area (Å²) in [4.78, 5) is 11.8. The first-order chi connectivity index (χ1) is 8.04. The Bertz CT molecular complexity index is 596. The van der Waals surface area contributed by atoms with Crippen LogP contribution in [0.1, 0.15) is 0 Å². The second kappa shape index (κ2) is 4.46. The average molecular weight is 250 g/mol. The van der Waals surface area contributed by atoms with Crippen molar-refractivity contribution in [3.63, 3.8) is 0 Å². The lowest BCUT2D eigenvalue weighted by Gasteiger charge is -2.04. The van der Waals surface area contributed by atoms with Gasteiger partial charge in [0.05, 0.1) is 6.26 Å². The van der Waals surface area contributed by atoms with Crippen molar-refractivity contribution in [1.29, 1.82) is 0 Å². The number of rotatable bonds is 3. The Balaban J connectivity index is 2.25. The normalized spacial score (nSPS) is 11.1. The van der Waals surface area contributed by atoms with E-state index in [0.717, 1.165) is 17.4 Å². The summed E-state index contributed by atoms with van der Waals surface area (Å²) >= 11 is 0. The maximum Gasteiger partial charge on any atom is 0.230 e. The largest absolute Gasteiger partial charge is 0.268 e. The lowest BCUT2D eigenvalue weighted by molar-refractivity contribution is 0.606. The van der Waals surface area contributed by atoms with E-state index in [1.54, 1.807) is 30.7 Å². The van der Waals surface area contributed by atoms with Gasteiger partial charge in [-0.15, -0.1) is 0 Å². The molecule has 0 spiro atoms. The molecule has 2 rings (SSSR count). The van der Waals surface area contributed by atoms with E-state index in [1.165, 1.54) is 6.33 Å². The lowest BCUT2D eigenvalue weighted by atomic mass is 10.1. The predicted molar refractivity (Wildman–Crippen MR) is 63.7 cm³/mol. The molecule has 0 atom stereocenters. The molecular formula is C10H10N4O2S. The third-order valence-electron chi connectivity index (χ3n) is 1.95. The molecule has 0 fully saturated rings. The molecular weight excluding hydrogens is 240 g/mol. The molecule has 0 aromatic carbocycles. The van der Waals surface area contributed by atoms with E-state index >= 15 is 0 Å². The van der Waals surface area contributed by atoms with Crippen LogP contribution in [0.15, 0.2) is 37.1 Å². The standard InChI is InChI=1S/C10H10N4O2S/c1-17(15,16)14-10-3-2-8(6-13-10)9-4-11-7-12-5-9/h2-7H,1H3,(H,13,14). The molecule has 7 heteroatoms. The van der Waals surface area contributed by atoms with E-state index < -0.39 is 10.0 Å². The van der Waals surface area contributed by atoms with Crippen molar-refractivity contribution in [2.75, 3.05) is 11.0 Å². The molecule has 0 unspecified atom stereocenters. The molecule has 0 radical (unpaired) electrons. The molecule has 0 amide bonds. The van der Waals surface area contributed by atoms with Gasteiger partial charge in [0, 0.05) is 29.7 Å². The van der Waals surface area contributed by atoms with E-state index in [1.807, 2.05) is 0 Å². The van der Waals surface area contributed by atoms with Crippen LogP contribution in [0.4, 0.5) is 5.82 Å². The molecule has 2 heterocycles. The highest BCUT2D eigenvalue weighted by molar-refractivity contribution is 7.92. The second-order valence-electron chi connectivity index (χ2n) is 3.43. The molecule has 88 valence electrons. The molecule has 0 aliphatic carbocycles. The van der Waals surface area contributed by atoms with Gasteiger partial charge in [-0.05, 0) is 12.1 Å². The number of anilines is 1. The van der Waals surface area contributed by atoms with Gasteiger partial charge in [0.1, 0.15) is 12.1 Å². The number of aromatic nitrogens is 3. The van der Waals surface area contributed by atoms with Crippen LogP contribution in [0.2, 0.25) is 0 Å². The zero-order valence-electron chi connectivity index (χ0n) is 9.03. The summed E-state index contributed by atoms with van der Waals surface area (Å²) in [6.45, 7) is 0. The Labute approximate surface area is 98.8 Å². The summed E-state index contributed by atoms with van der Waals surface area (Å²) in [7, 11) is -3.29. The van der Waals surface area contributed by atoms with Crippen LogP contribution in [0.5, 0.6) is 0 Å². The molecule has 0 aliphatic rings. The Morgan fingerprint density at radius 2 is 1.76 bits per heavy atom. The highest BCUT2D eigenvalue weighted by Gasteiger charge is 2.03. The fourth-order valence-electron chi connectivity index (χ4n) is 1.26. The number of nitrogens with one attached hydrogen (secondary N) is 1. The van der Waals surface area contributed by atoms with Gasteiger partial charge >= 0.3 is 0 Å². The second-order valence-corrected chi connectivity index (χ2v) is 5.18. The Morgan fingerprint density at radius 1 is 1.06 bits per heavy atom. The summed E-state index contributed by atoms with van der Waals surface area (Å²) in [6.07, 6.45) is 7.40. The average Bonchev–Trinajstić information content (AvgIpc) is 2.29. The van der Waals surface area contributed by atoms with Crippen molar-refractivity contribution in [2.45, 2.75) is 0 Å². The van der Waals surface area contributed by atoms with Crippen molar-refractivity contribution in [3.8, 4) is 11.1 Å². The fraction of sp³-hybridized carbons (Fsp3) is 0.100. The van der Waals surface area contributed by atoms with E-state index in [2.05, 4.69) is 19.7 Å². The molecule has 0 saturated heterocycles. The summed E-state index contributed by atoms with van der Waals surface area (Å²) in [5.74, 6) is 0.285. The number of hydrogen-bond donors (Lipinski definition) is 1. The molecule has 0 bridgehead atoms. The zero-order chi connectivity index (χ0) is 12.3. The van der Waals surface area contributed by atoms with Crippen molar-refractivity contribution in [2.24, 2.45) is 0 Å². The summed E-state index contributed by atoms with van der Waals surface area (Å²) in [5.41, 5.74) is 1.65. The molecule has 17 heavy (non-hydrogen) atoms. The minimum absolute atomic E-state index is 0.285. The fourth-order valence-corrected chi connectivity index (χ4v) is 1.76. The minimum atomic E-state index is -3.29. The third kappa shape index (κ3) is 3.22. The van der Waals surface area contributed by atoms with Crippen LogP contribution in [0, 0.1) is 0 Å². The van der Waals surface area contributed by atoms with Gasteiger partial charge in [-0.1, -0.05) is 0 Å². The summed E-state index contributed by atoms with van der Waals surface area (Å²) < 4.78 is 24.3. The number of hydrogen-bond acceptors (Lipinski definition) is 5. The van der Waals surface area contributed by atoms with Crippen LogP contribution in [-0.4, -0.2) is 29.6 Å². The third-order valence-corrected chi connectivity index (χ3v) is 2.53. The molecule has 6 nitrogen and oxygen atoms in total. The first kappa shape index (κ1) is 11.5. The monoisotopic (exact) mass is 250 g/mol. The zero-order valence-corrected chi connectivity index (χ0v) is 9.85. The van der Waals surface area contributed by atoms with E-state index in [0.29, 0.717) is 0 Å². The molecule has 0 aliphatic heterocycles. The summed E-state index contributed by atoms with van der Waals surface area (Å²) in [5, 5.41) is 0. The van der Waals surface area contributed by atoms with E-state index in [9.17, 15) is 8.42 Å². The Hall–Kier alpha value is -2.02. The van der Waals surface area contributed by atoms with Gasteiger partial charge in [0.15, 0.2) is 0 Å². The van der Waals surface area contributed by atoms with Crippen molar-refractivity contribution >= 4 is 15.8 Å². The Morgan fingerprint density at radius 3 is 2.29 bits per heavy atom. The summed E-state index contributed by atoms with van der Waals surface area (Å²) in [6, 6.07) is 3.34. The molecule has 2 aromatic heterocycles. The first-order valence-electron chi connectivity index (χ1n) is 4.74. The number of sulfonamides is 1. The van der Waals surface area contributed by atoms with Gasteiger partial charge < -0.3 is 0 Å². The van der Waals surface area contributed by atoms with Gasteiger partial charge in [-0.3, -0.25) is 4.72 Å². The van der Waals surface area contributed by atoms with E-state index in [4.69, 9.17) is 0 Å². The van der Waals surface area contributed by atoms with Crippen LogP contribution in [0.25, 0.3) is 11.1 Å². The maximum absolute atomic E-state index is 11.0. The van der Waals surface area contributed by atoms with Gasteiger partial charge in [0.25, 0.3) is 0 Å². The smallest absolute Gasteiger partial charge is 0.230 e. The van der Waals surface area contributed by atoms with Crippen molar-refractivity contribution in [1.82, 2.24) is 15.0 Å². The highest BCUT2D eigenvalue weighted by Crippen LogP contribution is 2.17. The van der Waals surface area contributed by atoms with Crippen LogP contribution >= 0.6 is 0 Å². The number of pyridine rings is 1. The molecule has 0 saturated carbocycles. The quantitative estimate of drug-likeness (QED) is 0.875. The van der Waals surface area contributed by atoms with Crippen LogP contribution < -0.4 is 4.72 Å². The number of nitrogens with zero attached hydrogens (tertiary/aromatic N) is 3. The van der Waals surface area contributed by atoms with Crippen LogP contribution in [-0.2, 0) is 10.0 Å². The van der Waals surface area contributed by atoms with Crippen molar-refractivity contribution < 1.29 is 8.42 Å². The molecule has 1 N–H and O–H groups in total. The van der Waals surface area contributed by atoms with Gasteiger partial charge in [0.2, 0.25) is 10.0 Å². The highest BCUT2D eigenvalue weighted by atomic mass is 32.2. The maximum atomic E-state index is 11.0. The van der Waals surface area contributed by atoms with Crippen LogP contribution in [0.3, 0.4) is 0 Å². The first-order valence-corrected chi connectivity index (χ1v) is 6.63. The van der Waals surface area contributed by atoms with Gasteiger partial charge in [-0.25, -0.2) is 23.4 Å². The minimum Gasteiger partial charge on any atom is -0.268 e. The Kier molecular flexibility index (Phi) is 3.01.